The zero-order chi connectivity index (χ0) is 29.7. The van der Waals surface area contributed by atoms with Crippen molar-refractivity contribution in [1.29, 1.82) is 0 Å². The molecule has 1 unspecified atom stereocenters. The first-order chi connectivity index (χ1) is 19.5. The van der Waals surface area contributed by atoms with Crippen LogP contribution in [-0.2, 0) is 29.8 Å². The zero-order valence-electron chi connectivity index (χ0n) is 21.5. The third-order valence-corrected chi connectivity index (χ3v) is 7.42. The van der Waals surface area contributed by atoms with Gasteiger partial charge in [-0.15, -0.1) is 5.10 Å². The Labute approximate surface area is 231 Å². The van der Waals surface area contributed by atoms with Gasteiger partial charge in [-0.05, 0) is 12.1 Å². The molecule has 3 aromatic rings. The molecule has 0 saturated carbocycles. The van der Waals surface area contributed by atoms with Crippen molar-refractivity contribution in [2.45, 2.75) is 37.0 Å². The number of carbonyl (C=O) groups excluding carboxylic acids is 1. The minimum atomic E-state index is -4.51. The number of aromatic nitrogens is 5. The van der Waals surface area contributed by atoms with Gasteiger partial charge in [0.15, 0.2) is 12.1 Å². The molecule has 0 spiro atoms. The van der Waals surface area contributed by atoms with Gasteiger partial charge in [0.25, 0.3) is 5.69 Å². The summed E-state index contributed by atoms with van der Waals surface area (Å²) in [7, 11) is -3.38. The molecule has 3 heterocycles. The number of non-ortho nitro benzene ring substituents is 1. The molecule has 1 fully saturated rings. The number of nitro groups is 1. The lowest BCUT2D eigenvalue weighted by Gasteiger charge is -2.25. The molecule has 18 nitrogen and oxygen atoms in total. The number of rotatable bonds is 13. The molecule has 4 rings (SSSR count). The number of aliphatic hydroxyl groups excluding tert-OH is 2. The number of methoxy groups -OCH3 is 1. The maximum absolute atomic E-state index is 14.0. The second-order valence-electron chi connectivity index (χ2n) is 8.74. The lowest BCUT2D eigenvalue weighted by atomic mass is 10.1. The number of hydrogen-bond donors (Lipinski definition) is 5. The first-order valence-corrected chi connectivity index (χ1v) is 13.4. The molecule has 41 heavy (non-hydrogen) atoms. The number of aromatic amines is 1. The third-order valence-electron chi connectivity index (χ3n) is 5.85. The van der Waals surface area contributed by atoms with Gasteiger partial charge < -0.3 is 34.9 Å². The summed E-state index contributed by atoms with van der Waals surface area (Å²) in [5.41, 5.74) is 5.90. The van der Waals surface area contributed by atoms with Crippen LogP contribution in [-0.4, -0.2) is 83.9 Å². The molecule has 2 aromatic heterocycles. The van der Waals surface area contributed by atoms with Gasteiger partial charge >= 0.3 is 13.7 Å². The van der Waals surface area contributed by atoms with Crippen LogP contribution >= 0.6 is 7.75 Å². The van der Waals surface area contributed by atoms with Crippen molar-refractivity contribution in [2.24, 2.45) is 5.73 Å². The molecule has 1 aromatic carbocycles. The van der Waals surface area contributed by atoms with E-state index in [0.717, 1.165) is 23.9 Å². The maximum Gasteiger partial charge on any atom is 0.459 e. The first-order valence-electron chi connectivity index (χ1n) is 11.9. The molecule has 1 aliphatic heterocycles. The Morgan fingerprint density at radius 3 is 2.68 bits per heavy atom. The Morgan fingerprint density at radius 1 is 1.37 bits per heavy atom. The highest BCUT2D eigenvalue weighted by Crippen LogP contribution is 2.46. The van der Waals surface area contributed by atoms with Crippen molar-refractivity contribution in [3.05, 3.63) is 71.3 Å². The number of nitrogens with two attached hydrogens (primary N) is 1. The Kier molecular flexibility index (Phi) is 9.11. The number of nitrogens with zero attached hydrogens (tertiary/aromatic N) is 5. The van der Waals surface area contributed by atoms with Crippen molar-refractivity contribution in [3.8, 4) is 5.75 Å². The summed E-state index contributed by atoms with van der Waals surface area (Å²) in [5.74, 6) is -0.822. The van der Waals surface area contributed by atoms with Crippen molar-refractivity contribution < 1.29 is 43.0 Å². The van der Waals surface area contributed by atoms with Gasteiger partial charge in [0.2, 0.25) is 0 Å². The summed E-state index contributed by atoms with van der Waals surface area (Å²) in [6, 6.07) is 3.35. The fourth-order valence-electron chi connectivity index (χ4n) is 3.79. The number of hydrogen-bond acceptors (Lipinski definition) is 14. The van der Waals surface area contributed by atoms with Crippen LogP contribution < -0.4 is 15.3 Å². The minimum Gasteiger partial charge on any atom is -0.468 e. The van der Waals surface area contributed by atoms with E-state index in [1.165, 1.54) is 31.0 Å². The van der Waals surface area contributed by atoms with E-state index >= 15 is 0 Å². The Hall–Kier alpha value is -4.19. The van der Waals surface area contributed by atoms with Gasteiger partial charge in [0.05, 0.1) is 30.7 Å². The largest absolute Gasteiger partial charge is 0.468 e. The maximum atomic E-state index is 14.0. The van der Waals surface area contributed by atoms with Crippen molar-refractivity contribution in [2.75, 3.05) is 13.7 Å². The van der Waals surface area contributed by atoms with Crippen molar-refractivity contribution >= 4 is 25.1 Å². The normalized spacial score (nSPS) is 22.5. The first kappa shape index (κ1) is 29.8. The lowest BCUT2D eigenvalue weighted by molar-refractivity contribution is -0.384. The molecule has 19 heteroatoms. The SMILES string of the molecule is C=C(N)c1ncn([C@@H]2O[C@H](COP(=O)(N[C@@H](Cc3cnc[nH]3)C(=O)OC)Oc3ccc([N+](=O)[O-])cc3)[C@@H](O)[C@H]2O)n1. The van der Waals surface area contributed by atoms with Crippen LogP contribution in [0.4, 0.5) is 5.69 Å². The molecule has 6 N–H and O–H groups in total. The number of H-pyrrole nitrogens is 1. The summed E-state index contributed by atoms with van der Waals surface area (Å²) in [6.45, 7) is 2.92. The number of ether oxygens (including phenoxy) is 2. The number of imidazole rings is 1. The highest BCUT2D eigenvalue weighted by Gasteiger charge is 2.46. The topological polar surface area (TPSA) is 252 Å². The standard InChI is InChI=1S/C22H27N8O10P/c1-12(23)20-26-11-29(27-20)21-19(32)18(31)17(39-21)9-38-41(36,40-15-5-3-14(4-6-15)30(34)35)28-16(22(33)37-2)7-13-8-24-10-25-13/h3-6,8,10-11,16-19,21,31-32H,1,7,9,23H2,2H3,(H,24,25)(H,28,36)/t16-,17+,18+,19+,21+,41?/m0/s1. The van der Waals surface area contributed by atoms with Crippen LogP contribution in [0, 0.1) is 10.1 Å². The predicted molar refractivity (Wildman–Crippen MR) is 138 cm³/mol. The van der Waals surface area contributed by atoms with Gasteiger partial charge in [-0.25, -0.2) is 19.2 Å². The summed E-state index contributed by atoms with van der Waals surface area (Å²) >= 11 is 0. The van der Waals surface area contributed by atoms with Crippen LogP contribution in [0.25, 0.3) is 5.70 Å². The Morgan fingerprint density at radius 2 is 2.10 bits per heavy atom. The minimum absolute atomic E-state index is 0.0615. The number of benzene rings is 1. The second kappa shape index (κ2) is 12.5. The monoisotopic (exact) mass is 594 g/mol. The number of esters is 1. The summed E-state index contributed by atoms with van der Waals surface area (Å²) < 4.78 is 36.7. The van der Waals surface area contributed by atoms with E-state index in [2.05, 4.69) is 31.7 Å². The summed E-state index contributed by atoms with van der Waals surface area (Å²) in [4.78, 5) is 33.6. The Bertz CT molecular complexity index is 1420. The quantitative estimate of drug-likeness (QED) is 0.0757. The fourth-order valence-corrected chi connectivity index (χ4v) is 5.29. The number of aliphatic hydroxyl groups is 2. The van der Waals surface area contributed by atoms with Crippen LogP contribution in [0.3, 0.4) is 0 Å². The number of nitrogens with one attached hydrogen (secondary N) is 2. The molecule has 1 saturated heterocycles. The van der Waals surface area contributed by atoms with Gasteiger partial charge in [-0.2, -0.15) is 5.09 Å². The molecule has 6 atom stereocenters. The summed E-state index contributed by atoms with van der Waals surface area (Å²) in [5, 5.41) is 38.7. The highest BCUT2D eigenvalue weighted by molar-refractivity contribution is 7.52. The van der Waals surface area contributed by atoms with Gasteiger partial charge in [0, 0.05) is 30.4 Å². The number of nitro benzene ring substituents is 1. The molecular weight excluding hydrogens is 567 g/mol. The van der Waals surface area contributed by atoms with Crippen molar-refractivity contribution in [3.63, 3.8) is 0 Å². The Balaban J connectivity index is 1.54. The molecule has 0 radical (unpaired) electrons. The third kappa shape index (κ3) is 7.12. The van der Waals surface area contributed by atoms with E-state index < -0.39 is 55.8 Å². The summed E-state index contributed by atoms with van der Waals surface area (Å²) in [6.07, 6.45) is -1.48. The highest BCUT2D eigenvalue weighted by atomic mass is 31.2. The van der Waals surface area contributed by atoms with E-state index in [1.807, 2.05) is 0 Å². The lowest BCUT2D eigenvalue weighted by Crippen LogP contribution is -2.40. The average Bonchev–Trinajstić information content (AvgIpc) is 3.69. The molecule has 220 valence electrons. The van der Waals surface area contributed by atoms with Gasteiger partial charge in [-0.3, -0.25) is 19.4 Å². The number of carbonyl (C=O) groups is 1. The zero-order valence-corrected chi connectivity index (χ0v) is 22.4. The second-order valence-corrected chi connectivity index (χ2v) is 10.4. The van der Waals surface area contributed by atoms with E-state index in [4.69, 9.17) is 24.3 Å². The van der Waals surface area contributed by atoms with E-state index in [9.17, 15) is 29.7 Å². The van der Waals surface area contributed by atoms with E-state index in [1.54, 1.807) is 0 Å². The van der Waals surface area contributed by atoms with E-state index in [0.29, 0.717) is 5.69 Å². The van der Waals surface area contributed by atoms with Gasteiger partial charge in [0.1, 0.15) is 36.4 Å². The molecule has 0 aliphatic carbocycles. The van der Waals surface area contributed by atoms with Gasteiger partial charge in [-0.1, -0.05) is 6.58 Å². The molecule has 0 bridgehead atoms. The smallest absolute Gasteiger partial charge is 0.459 e. The molecular formula is C22H27N8O10P. The molecule has 0 amide bonds. The van der Waals surface area contributed by atoms with Crippen LogP contribution in [0.15, 0.2) is 49.7 Å². The fraction of sp³-hybridized carbons (Fsp3) is 0.364. The molecule has 1 aliphatic rings. The van der Waals surface area contributed by atoms with Crippen molar-refractivity contribution in [1.82, 2.24) is 29.8 Å². The van der Waals surface area contributed by atoms with Crippen LogP contribution in [0.5, 0.6) is 5.75 Å². The van der Waals surface area contributed by atoms with Crippen LogP contribution in [0.2, 0.25) is 0 Å². The van der Waals surface area contributed by atoms with Crippen LogP contribution in [0.1, 0.15) is 17.7 Å². The predicted octanol–water partition coefficient (Wildman–Crippen LogP) is 0.0356. The van der Waals surface area contributed by atoms with E-state index in [-0.39, 0.29) is 29.4 Å². The average molecular weight is 594 g/mol.